The lowest BCUT2D eigenvalue weighted by atomic mass is 9.96. The number of halogens is 3. The van der Waals surface area contributed by atoms with Gasteiger partial charge >= 0.3 is 6.18 Å². The zero-order chi connectivity index (χ0) is 52.2. The van der Waals surface area contributed by atoms with E-state index in [9.17, 15) is 10.5 Å². The number of hydrogen-bond acceptors (Lipinski definition) is 2. The molecule has 0 amide bonds. The van der Waals surface area contributed by atoms with E-state index in [2.05, 4.69) is 31.2 Å². The average Bonchev–Trinajstić information content (AvgIpc) is 4.13. The summed E-state index contributed by atoms with van der Waals surface area (Å²) in [6, 6.07) is 66.6. The first-order valence-electron chi connectivity index (χ1n) is 23.9. The molecule has 12 rings (SSSR count). The van der Waals surface area contributed by atoms with Crippen molar-refractivity contribution in [3.8, 4) is 79.1 Å². The number of fused-ring (bicyclic) bond motifs is 6. The third kappa shape index (κ3) is 7.83. The van der Waals surface area contributed by atoms with Crippen molar-refractivity contribution in [3.63, 3.8) is 0 Å². The van der Waals surface area contributed by atoms with Gasteiger partial charge in [0.05, 0.1) is 82.0 Å². The molecule has 0 N–H and O–H groups in total. The first-order valence-corrected chi connectivity index (χ1v) is 23.9. The molecule has 76 heavy (non-hydrogen) atoms. The molecule has 0 atom stereocenters. The summed E-state index contributed by atoms with van der Waals surface area (Å²) < 4.78 is 49.8. The van der Waals surface area contributed by atoms with Crippen LogP contribution in [0.2, 0.25) is 0 Å². The molecule has 2 aromatic heterocycles. The van der Waals surface area contributed by atoms with E-state index >= 15 is 13.2 Å². The standard InChI is InChI=1S/C66H34F3N7/c1-72-50-16-8-14-44(30-50)48-22-26-55-56-27-23-49(45-15-9-17-51(31-45)73-2)35-63(56)76(62(55)34-48)65-37-59(74-3)57(52-18-4-5-19-58(52)66(67,68)69)36-64(65)75-60-32-46(42-12-6-10-40(28-42)38-70)20-24-53(60)54-25-21-47(33-61(54)75)43-13-7-11-41(29-43)39-71/h4-37H. The van der Waals surface area contributed by atoms with E-state index in [1.165, 1.54) is 18.2 Å². The van der Waals surface area contributed by atoms with Gasteiger partial charge in [0.1, 0.15) is 0 Å². The normalized spacial score (nSPS) is 11.3. The molecule has 0 aliphatic heterocycles. The van der Waals surface area contributed by atoms with Crippen molar-refractivity contribution in [1.82, 2.24) is 9.13 Å². The fourth-order valence-corrected chi connectivity index (χ4v) is 10.5. The van der Waals surface area contributed by atoms with Crippen LogP contribution in [-0.4, -0.2) is 9.13 Å². The van der Waals surface area contributed by atoms with Gasteiger partial charge in [-0.05, 0) is 134 Å². The van der Waals surface area contributed by atoms with Crippen molar-refractivity contribution in [2.24, 2.45) is 0 Å². The van der Waals surface area contributed by atoms with Crippen LogP contribution in [0, 0.1) is 42.4 Å². The second-order valence-electron chi connectivity index (χ2n) is 18.3. The van der Waals surface area contributed by atoms with Crippen LogP contribution in [0.15, 0.2) is 206 Å². The second-order valence-corrected chi connectivity index (χ2v) is 18.3. The molecule has 0 unspecified atom stereocenters. The van der Waals surface area contributed by atoms with Crippen molar-refractivity contribution >= 4 is 60.7 Å². The number of nitrogens with zero attached hydrogens (tertiary/aromatic N) is 7. The summed E-state index contributed by atoms with van der Waals surface area (Å²) in [4.78, 5) is 11.4. The van der Waals surface area contributed by atoms with Gasteiger partial charge in [0.25, 0.3) is 0 Å². The van der Waals surface area contributed by atoms with E-state index in [4.69, 9.17) is 19.7 Å². The Morgan fingerprint density at radius 3 is 1.14 bits per heavy atom. The average molecular weight is 982 g/mol. The Kier molecular flexibility index (Phi) is 11.1. The molecular formula is C66H34F3N7. The third-order valence-corrected chi connectivity index (χ3v) is 14.0. The van der Waals surface area contributed by atoms with Crippen LogP contribution in [0.3, 0.4) is 0 Å². The summed E-state index contributed by atoms with van der Waals surface area (Å²) in [6.45, 7) is 24.3. The highest BCUT2D eigenvalue weighted by atomic mass is 19.4. The molecule has 0 aliphatic carbocycles. The predicted molar refractivity (Wildman–Crippen MR) is 296 cm³/mol. The summed E-state index contributed by atoms with van der Waals surface area (Å²) in [6.07, 6.45) is -4.77. The summed E-state index contributed by atoms with van der Waals surface area (Å²) >= 11 is 0. The van der Waals surface area contributed by atoms with Gasteiger partial charge < -0.3 is 9.13 Å². The monoisotopic (exact) mass is 981 g/mol. The van der Waals surface area contributed by atoms with Gasteiger partial charge in [-0.3, -0.25) is 0 Å². The van der Waals surface area contributed by atoms with Crippen LogP contribution < -0.4 is 0 Å². The zero-order valence-corrected chi connectivity index (χ0v) is 39.9. The molecule has 0 bridgehead atoms. The molecule has 0 aliphatic rings. The molecular weight excluding hydrogens is 948 g/mol. The maximum atomic E-state index is 15.2. The topological polar surface area (TPSA) is 70.5 Å². The predicted octanol–water partition coefficient (Wildman–Crippen LogP) is 18.6. The highest BCUT2D eigenvalue weighted by molar-refractivity contribution is 6.14. The smallest absolute Gasteiger partial charge is 0.308 e. The minimum Gasteiger partial charge on any atom is -0.308 e. The molecule has 12 aromatic rings. The molecule has 0 saturated heterocycles. The summed E-state index contributed by atoms with van der Waals surface area (Å²) in [7, 11) is 0. The van der Waals surface area contributed by atoms with Crippen molar-refractivity contribution in [2.45, 2.75) is 6.18 Å². The fourth-order valence-electron chi connectivity index (χ4n) is 10.5. The summed E-state index contributed by atoms with van der Waals surface area (Å²) in [5.41, 5.74) is 11.0. The second kappa shape index (κ2) is 18.3. The Morgan fingerprint density at radius 2 is 0.750 bits per heavy atom. The lowest BCUT2D eigenvalue weighted by molar-refractivity contribution is -0.137. The molecule has 2 heterocycles. The molecule has 10 heteroatoms. The van der Waals surface area contributed by atoms with Gasteiger partial charge in [-0.1, -0.05) is 127 Å². The minimum absolute atomic E-state index is 0.0175. The number of nitriles is 2. The Labute approximate surface area is 434 Å². The third-order valence-electron chi connectivity index (χ3n) is 14.0. The van der Waals surface area contributed by atoms with Gasteiger partial charge in [0.15, 0.2) is 17.1 Å². The number of benzene rings is 10. The fraction of sp³-hybridized carbons (Fsp3) is 0.0152. The molecule has 0 saturated carbocycles. The van der Waals surface area contributed by atoms with Gasteiger partial charge in [-0.2, -0.15) is 23.7 Å². The first-order chi connectivity index (χ1) is 37.0. The van der Waals surface area contributed by atoms with Crippen molar-refractivity contribution in [3.05, 3.63) is 257 Å². The van der Waals surface area contributed by atoms with E-state index in [0.29, 0.717) is 44.9 Å². The minimum atomic E-state index is -4.77. The van der Waals surface area contributed by atoms with Crippen molar-refractivity contribution in [2.75, 3.05) is 0 Å². The van der Waals surface area contributed by atoms with Gasteiger partial charge in [0.2, 0.25) is 0 Å². The number of rotatable bonds is 7. The number of aromatic nitrogens is 2. The zero-order valence-electron chi connectivity index (χ0n) is 39.9. The SMILES string of the molecule is [C-]#[N+]c1cccc(-c2ccc3c4ccc(-c5cccc([N+]#[C-])c5)cc4n(-c4cc([N+]#[C-])c(-c5ccccc5C(F)(F)F)cc4-n4c5cc(-c6cccc(C#N)c6)ccc5c5ccc(-c6cccc(C#N)c6)cc54)c3c2)c1. The van der Waals surface area contributed by atoms with Crippen LogP contribution in [0.1, 0.15) is 16.7 Å². The lowest BCUT2D eigenvalue weighted by Gasteiger charge is -2.21. The van der Waals surface area contributed by atoms with Crippen molar-refractivity contribution < 1.29 is 13.2 Å². The summed E-state index contributed by atoms with van der Waals surface area (Å²) in [5.74, 6) is 0. The first kappa shape index (κ1) is 46.1. The largest absolute Gasteiger partial charge is 0.416 e. The van der Waals surface area contributed by atoms with E-state index in [-0.39, 0.29) is 16.8 Å². The maximum Gasteiger partial charge on any atom is 0.416 e. The van der Waals surface area contributed by atoms with E-state index < -0.39 is 11.7 Å². The van der Waals surface area contributed by atoms with Crippen LogP contribution >= 0.6 is 0 Å². The number of alkyl halides is 3. The Morgan fingerprint density at radius 1 is 0.368 bits per heavy atom. The molecule has 0 fully saturated rings. The number of hydrogen-bond donors (Lipinski definition) is 0. The lowest BCUT2D eigenvalue weighted by Crippen LogP contribution is -2.08. The Bertz CT molecular complexity index is 4420. The van der Waals surface area contributed by atoms with E-state index in [1.54, 1.807) is 36.4 Å². The molecule has 0 spiro atoms. The van der Waals surface area contributed by atoms with Gasteiger partial charge in [0, 0.05) is 21.5 Å². The van der Waals surface area contributed by atoms with Crippen LogP contribution in [-0.2, 0) is 6.18 Å². The highest BCUT2D eigenvalue weighted by Gasteiger charge is 2.34. The molecule has 10 aromatic carbocycles. The van der Waals surface area contributed by atoms with Gasteiger partial charge in [-0.15, -0.1) is 0 Å². The molecule has 7 nitrogen and oxygen atoms in total. The van der Waals surface area contributed by atoms with Crippen LogP contribution in [0.5, 0.6) is 0 Å². The van der Waals surface area contributed by atoms with Crippen LogP contribution in [0.25, 0.3) is 125 Å². The van der Waals surface area contributed by atoms with Gasteiger partial charge in [-0.25, -0.2) is 14.5 Å². The quantitative estimate of drug-likeness (QED) is 0.149. The van der Waals surface area contributed by atoms with E-state index in [0.717, 1.165) is 83.2 Å². The van der Waals surface area contributed by atoms with Crippen LogP contribution in [0.4, 0.5) is 30.2 Å². The Balaban J connectivity index is 1.27. The van der Waals surface area contributed by atoms with Crippen molar-refractivity contribution in [1.29, 1.82) is 10.5 Å². The Hall–Kier alpha value is -11.0. The summed E-state index contributed by atoms with van der Waals surface area (Å²) in [5, 5.41) is 23.3. The van der Waals surface area contributed by atoms with E-state index in [1.807, 2.05) is 150 Å². The molecule has 0 radical (unpaired) electrons. The highest BCUT2D eigenvalue weighted by Crippen LogP contribution is 2.48. The maximum absolute atomic E-state index is 15.2. The molecule has 354 valence electrons.